The molecule has 0 spiro atoms. The van der Waals surface area contributed by atoms with Crippen molar-refractivity contribution in [2.45, 2.75) is 57.9 Å². The van der Waals surface area contributed by atoms with Crippen molar-refractivity contribution in [2.75, 3.05) is 13.1 Å². The Morgan fingerprint density at radius 3 is 2.42 bits per heavy atom. The number of carbonyl (C=O) groups excluding carboxylic acids is 1. The van der Waals surface area contributed by atoms with Crippen LogP contribution < -0.4 is 5.56 Å². The first-order chi connectivity index (χ1) is 18.4. The van der Waals surface area contributed by atoms with E-state index in [2.05, 4.69) is 10.1 Å². The Bertz CT molecular complexity index is 1590. The fourth-order valence-corrected chi connectivity index (χ4v) is 6.28. The normalized spacial score (nSPS) is 17.0. The number of amides is 1. The van der Waals surface area contributed by atoms with Crippen LogP contribution in [0.2, 0.25) is 0 Å². The van der Waals surface area contributed by atoms with Crippen LogP contribution in [0.5, 0.6) is 0 Å². The van der Waals surface area contributed by atoms with Crippen molar-refractivity contribution in [1.29, 1.82) is 0 Å². The Labute approximate surface area is 220 Å². The second-order valence-corrected chi connectivity index (χ2v) is 10.9. The number of aromatic amines is 1. The highest BCUT2D eigenvalue weighted by Gasteiger charge is 2.27. The van der Waals surface area contributed by atoms with E-state index in [-0.39, 0.29) is 17.5 Å². The molecule has 2 aromatic heterocycles. The Morgan fingerprint density at radius 1 is 1.03 bits per heavy atom. The zero-order chi connectivity index (χ0) is 26.4. The number of carboxylic acids is 1. The minimum atomic E-state index is -0.914. The molecule has 6 rings (SSSR count). The molecule has 2 fully saturated rings. The highest BCUT2D eigenvalue weighted by Crippen LogP contribution is 2.34. The largest absolute Gasteiger partial charge is 0.478 e. The number of carbonyl (C=O) groups is 2. The lowest BCUT2D eigenvalue weighted by molar-refractivity contribution is 0.0685. The first-order valence-corrected chi connectivity index (χ1v) is 13.5. The average molecular weight is 513 g/mol. The third kappa shape index (κ3) is 4.38. The van der Waals surface area contributed by atoms with E-state index in [4.69, 9.17) is 5.11 Å². The van der Waals surface area contributed by atoms with Gasteiger partial charge in [-0.05, 0) is 80.3 Å². The summed E-state index contributed by atoms with van der Waals surface area (Å²) < 4.78 is 2.01. The molecule has 0 unspecified atom stereocenters. The number of benzene rings is 2. The van der Waals surface area contributed by atoms with Gasteiger partial charge in [0.1, 0.15) is 0 Å². The number of likely N-dealkylation sites (tertiary alicyclic amines) is 1. The van der Waals surface area contributed by atoms with Crippen LogP contribution in [0, 0.1) is 12.8 Å². The van der Waals surface area contributed by atoms with Gasteiger partial charge in [-0.1, -0.05) is 25.0 Å². The minimum absolute atomic E-state index is 0.0277. The SMILES string of the molecule is Cc1cc2[nH]c(=O)c3cnn(C4CCCC4)c3c2cc1C(=O)N1CCC(Cc2ccc(C(=O)O)cc2)CC1. The molecule has 2 aromatic carbocycles. The minimum Gasteiger partial charge on any atom is -0.478 e. The predicted molar refractivity (Wildman–Crippen MR) is 146 cm³/mol. The van der Waals surface area contributed by atoms with Gasteiger partial charge >= 0.3 is 5.97 Å². The van der Waals surface area contributed by atoms with E-state index < -0.39 is 5.97 Å². The molecule has 8 heteroatoms. The molecule has 0 bridgehead atoms. The quantitative estimate of drug-likeness (QED) is 0.387. The van der Waals surface area contributed by atoms with Crippen molar-refractivity contribution in [3.63, 3.8) is 0 Å². The van der Waals surface area contributed by atoms with Gasteiger partial charge in [0.2, 0.25) is 0 Å². The van der Waals surface area contributed by atoms with Crippen molar-refractivity contribution < 1.29 is 14.7 Å². The second kappa shape index (κ2) is 9.74. The summed E-state index contributed by atoms with van der Waals surface area (Å²) in [6.07, 6.45) is 8.80. The summed E-state index contributed by atoms with van der Waals surface area (Å²) in [7, 11) is 0. The molecule has 38 heavy (non-hydrogen) atoms. The number of piperidine rings is 1. The van der Waals surface area contributed by atoms with E-state index >= 15 is 0 Å². The summed E-state index contributed by atoms with van der Waals surface area (Å²) >= 11 is 0. The van der Waals surface area contributed by atoms with Gasteiger partial charge in [0.15, 0.2) is 0 Å². The van der Waals surface area contributed by atoms with Gasteiger partial charge in [0, 0.05) is 24.0 Å². The Morgan fingerprint density at radius 2 is 1.74 bits per heavy atom. The van der Waals surface area contributed by atoms with E-state index in [0.29, 0.717) is 35.5 Å². The lowest BCUT2D eigenvalue weighted by Gasteiger charge is -2.32. The molecule has 1 aliphatic carbocycles. The number of aromatic nitrogens is 3. The number of H-pyrrole nitrogens is 1. The van der Waals surface area contributed by atoms with Crippen LogP contribution in [0.1, 0.15) is 76.4 Å². The Balaban J connectivity index is 1.24. The number of rotatable bonds is 5. The van der Waals surface area contributed by atoms with Gasteiger partial charge in [0.25, 0.3) is 11.5 Å². The highest BCUT2D eigenvalue weighted by molar-refractivity contribution is 6.07. The summed E-state index contributed by atoms with van der Waals surface area (Å²) in [5, 5.41) is 15.2. The van der Waals surface area contributed by atoms with Gasteiger partial charge in [-0.3, -0.25) is 14.3 Å². The number of pyridine rings is 1. The molecule has 1 saturated heterocycles. The number of aryl methyl sites for hydroxylation is 1. The number of aromatic carboxylic acids is 1. The standard InChI is InChI=1S/C30H32N4O4/c1-18-14-26-24(27-25(28(35)32-26)17-31-34(27)22-4-2-3-5-22)16-23(18)29(36)33-12-10-20(11-13-33)15-19-6-8-21(9-7-19)30(37)38/h6-9,14,16-17,20,22H,2-5,10-13,15H2,1H3,(H,32,35)(H,37,38). The topological polar surface area (TPSA) is 108 Å². The van der Waals surface area contributed by atoms with Crippen molar-refractivity contribution in [3.05, 3.63) is 75.2 Å². The van der Waals surface area contributed by atoms with E-state index in [0.717, 1.165) is 59.7 Å². The zero-order valence-electron chi connectivity index (χ0n) is 21.6. The summed E-state index contributed by atoms with van der Waals surface area (Å²) in [6, 6.07) is 11.2. The molecular formula is C30H32N4O4. The summed E-state index contributed by atoms with van der Waals surface area (Å²) in [5.74, 6) is -0.430. The lowest BCUT2D eigenvalue weighted by Crippen LogP contribution is -2.39. The summed E-state index contributed by atoms with van der Waals surface area (Å²) in [6.45, 7) is 3.31. The van der Waals surface area contributed by atoms with Crippen LogP contribution >= 0.6 is 0 Å². The predicted octanol–water partition coefficient (Wildman–Crippen LogP) is 5.09. The molecule has 196 valence electrons. The fourth-order valence-electron chi connectivity index (χ4n) is 6.28. The van der Waals surface area contributed by atoms with Crippen molar-refractivity contribution in [3.8, 4) is 0 Å². The number of hydrogen-bond donors (Lipinski definition) is 2. The lowest BCUT2D eigenvalue weighted by atomic mass is 9.89. The third-order valence-electron chi connectivity index (χ3n) is 8.44. The van der Waals surface area contributed by atoms with Gasteiger partial charge in [-0.2, -0.15) is 5.10 Å². The molecule has 1 saturated carbocycles. The molecule has 2 aliphatic rings. The molecular weight excluding hydrogens is 480 g/mol. The fraction of sp³-hybridized carbons (Fsp3) is 0.400. The molecule has 0 atom stereocenters. The van der Waals surface area contributed by atoms with Crippen molar-refractivity contribution >= 4 is 33.7 Å². The van der Waals surface area contributed by atoms with Crippen LogP contribution in [0.4, 0.5) is 0 Å². The van der Waals surface area contributed by atoms with Crippen LogP contribution in [-0.4, -0.2) is 49.7 Å². The summed E-state index contributed by atoms with van der Waals surface area (Å²) in [5.41, 5.74) is 4.38. The maximum atomic E-state index is 13.7. The first kappa shape index (κ1) is 24.4. The first-order valence-electron chi connectivity index (χ1n) is 13.5. The molecule has 0 radical (unpaired) electrons. The van der Waals surface area contributed by atoms with Crippen molar-refractivity contribution in [1.82, 2.24) is 19.7 Å². The smallest absolute Gasteiger partial charge is 0.335 e. The van der Waals surface area contributed by atoms with Crippen LogP contribution in [0.25, 0.3) is 21.8 Å². The molecule has 1 amide bonds. The number of nitrogens with zero attached hydrogens (tertiary/aromatic N) is 3. The van der Waals surface area contributed by atoms with Gasteiger partial charge in [-0.15, -0.1) is 0 Å². The zero-order valence-corrected chi connectivity index (χ0v) is 21.6. The highest BCUT2D eigenvalue weighted by atomic mass is 16.4. The molecule has 8 nitrogen and oxygen atoms in total. The molecule has 2 N–H and O–H groups in total. The Kier molecular flexibility index (Phi) is 6.26. The molecule has 4 aromatic rings. The number of hydrogen-bond acceptors (Lipinski definition) is 4. The van der Waals surface area contributed by atoms with Gasteiger partial charge in [0.05, 0.1) is 34.2 Å². The monoisotopic (exact) mass is 512 g/mol. The number of fused-ring (bicyclic) bond motifs is 3. The maximum absolute atomic E-state index is 13.7. The van der Waals surface area contributed by atoms with Crippen LogP contribution in [0.3, 0.4) is 0 Å². The summed E-state index contributed by atoms with van der Waals surface area (Å²) in [4.78, 5) is 42.5. The van der Waals surface area contributed by atoms with E-state index in [1.807, 2.05) is 40.8 Å². The second-order valence-electron chi connectivity index (χ2n) is 10.9. The maximum Gasteiger partial charge on any atom is 0.335 e. The Hall–Kier alpha value is -3.94. The number of carboxylic acid groups (broad SMARTS) is 1. The third-order valence-corrected chi connectivity index (χ3v) is 8.44. The van der Waals surface area contributed by atoms with Crippen molar-refractivity contribution in [2.24, 2.45) is 5.92 Å². The molecule has 1 aliphatic heterocycles. The van der Waals surface area contributed by atoms with E-state index in [1.165, 1.54) is 12.8 Å². The van der Waals surface area contributed by atoms with E-state index in [9.17, 15) is 14.4 Å². The van der Waals surface area contributed by atoms with E-state index in [1.54, 1.807) is 18.3 Å². The van der Waals surface area contributed by atoms with Gasteiger partial charge < -0.3 is 15.0 Å². The molecule has 3 heterocycles. The average Bonchev–Trinajstić information content (AvgIpc) is 3.60. The van der Waals surface area contributed by atoms with Gasteiger partial charge in [-0.25, -0.2) is 4.79 Å². The number of nitrogens with one attached hydrogen (secondary N) is 1. The van der Waals surface area contributed by atoms with Crippen LogP contribution in [-0.2, 0) is 6.42 Å². The van der Waals surface area contributed by atoms with Crippen LogP contribution in [0.15, 0.2) is 47.4 Å².